The molecule has 0 radical (unpaired) electrons. The lowest BCUT2D eigenvalue weighted by atomic mass is 10.0. The first kappa shape index (κ1) is 18.1. The minimum atomic E-state index is -0.721. The lowest BCUT2D eigenvalue weighted by Crippen LogP contribution is -2.50. The van der Waals surface area contributed by atoms with Crippen LogP contribution in [0.25, 0.3) is 0 Å². The van der Waals surface area contributed by atoms with Crippen LogP contribution in [0, 0.1) is 5.92 Å². The molecule has 0 aromatic heterocycles. The fourth-order valence-electron chi connectivity index (χ4n) is 4.21. The van der Waals surface area contributed by atoms with E-state index in [0.29, 0.717) is 37.1 Å². The fourth-order valence-corrected chi connectivity index (χ4v) is 4.21. The van der Waals surface area contributed by atoms with Gasteiger partial charge in [-0.1, -0.05) is 0 Å². The van der Waals surface area contributed by atoms with Gasteiger partial charge in [-0.05, 0) is 52.9 Å². The second-order valence-electron chi connectivity index (χ2n) is 7.91. The second kappa shape index (κ2) is 7.56. The highest BCUT2D eigenvalue weighted by molar-refractivity contribution is 5.02. The minimum Gasteiger partial charge on any atom is -0.326 e. The van der Waals surface area contributed by atoms with Crippen molar-refractivity contribution in [2.45, 2.75) is 83.3 Å². The third-order valence-electron chi connectivity index (χ3n) is 5.55. The molecule has 4 nitrogen and oxygen atoms in total. The molecule has 2 saturated heterocycles. The Hall–Kier alpha value is -0.230. The van der Waals surface area contributed by atoms with E-state index < -0.39 is 6.17 Å². The van der Waals surface area contributed by atoms with Gasteiger partial charge in [0.2, 0.25) is 0 Å². The van der Waals surface area contributed by atoms with E-state index in [0.717, 1.165) is 12.5 Å². The van der Waals surface area contributed by atoms with Crippen LogP contribution < -0.4 is 11.5 Å². The Balaban J connectivity index is 0.000000160. The van der Waals surface area contributed by atoms with Gasteiger partial charge in [0, 0.05) is 49.8 Å². The van der Waals surface area contributed by atoms with Gasteiger partial charge in [-0.15, -0.1) is 0 Å². The maximum atomic E-state index is 12.9. The summed E-state index contributed by atoms with van der Waals surface area (Å²) in [7, 11) is 0. The van der Waals surface area contributed by atoms with Crippen LogP contribution in [0.5, 0.6) is 0 Å². The molecule has 2 aliphatic heterocycles. The van der Waals surface area contributed by atoms with Crippen LogP contribution in [0.3, 0.4) is 0 Å². The number of halogens is 1. The Morgan fingerprint density at radius 3 is 2.00 bits per heavy atom. The maximum Gasteiger partial charge on any atom is 0.114 e. The molecule has 0 amide bonds. The summed E-state index contributed by atoms with van der Waals surface area (Å²) in [5.41, 5.74) is 11.7. The number of nitrogens with zero attached hydrogens (tertiary/aromatic N) is 2. The molecule has 0 spiro atoms. The SMILES string of the molecule is CC(C)N1CC(N)CC(F)C1.CC(C)N1CC2CCC1C2N. The van der Waals surface area contributed by atoms with Crippen LogP contribution in [-0.2, 0) is 0 Å². The molecule has 4 N–H and O–H groups in total. The summed E-state index contributed by atoms with van der Waals surface area (Å²) < 4.78 is 12.9. The summed E-state index contributed by atoms with van der Waals surface area (Å²) in [6.07, 6.45) is 2.52. The van der Waals surface area contributed by atoms with Crippen LogP contribution >= 0.6 is 0 Å². The first-order valence-electron chi connectivity index (χ1n) is 8.94. The highest BCUT2D eigenvalue weighted by atomic mass is 19.1. The molecule has 5 heteroatoms. The van der Waals surface area contributed by atoms with Gasteiger partial charge in [0.15, 0.2) is 0 Å². The lowest BCUT2D eigenvalue weighted by Gasteiger charge is -2.35. The first-order valence-corrected chi connectivity index (χ1v) is 8.94. The van der Waals surface area contributed by atoms with Crippen molar-refractivity contribution in [1.82, 2.24) is 9.80 Å². The summed E-state index contributed by atoms with van der Waals surface area (Å²) in [5, 5.41) is 0. The fraction of sp³-hybridized carbons (Fsp3) is 1.00. The number of piperidine rings is 2. The van der Waals surface area contributed by atoms with Gasteiger partial charge in [0.1, 0.15) is 6.17 Å². The van der Waals surface area contributed by atoms with E-state index in [-0.39, 0.29) is 6.04 Å². The predicted molar refractivity (Wildman–Crippen MR) is 90.5 cm³/mol. The van der Waals surface area contributed by atoms with Crippen molar-refractivity contribution in [3.63, 3.8) is 0 Å². The molecule has 5 unspecified atom stereocenters. The van der Waals surface area contributed by atoms with Crippen molar-refractivity contribution >= 4 is 0 Å². The normalized spacial score (nSPS) is 39.4. The van der Waals surface area contributed by atoms with E-state index in [1.54, 1.807) is 0 Å². The Labute approximate surface area is 135 Å². The summed E-state index contributed by atoms with van der Waals surface area (Å²) in [5.74, 6) is 0.808. The lowest BCUT2D eigenvalue weighted by molar-refractivity contribution is 0.0987. The third-order valence-corrected chi connectivity index (χ3v) is 5.55. The molecular formula is C17H35FN4. The van der Waals surface area contributed by atoms with Crippen LogP contribution in [-0.4, -0.2) is 65.8 Å². The molecule has 0 aromatic rings. The van der Waals surface area contributed by atoms with Crippen LogP contribution in [0.4, 0.5) is 4.39 Å². The standard InChI is InChI=1S/C9H18N2.C8H17FN2/c1-6(2)11-5-7-3-4-8(11)9(7)10;1-6(2)11-4-7(9)3-8(10)5-11/h6-9H,3-5,10H2,1-2H3;6-8H,3-5,10H2,1-2H3. The number of likely N-dealkylation sites (tertiary alicyclic amines) is 2. The van der Waals surface area contributed by atoms with Gasteiger partial charge in [0.05, 0.1) is 0 Å². The zero-order chi connectivity index (χ0) is 16.4. The van der Waals surface area contributed by atoms with Crippen molar-refractivity contribution in [3.05, 3.63) is 0 Å². The topological polar surface area (TPSA) is 58.5 Å². The molecule has 130 valence electrons. The molecular weight excluding hydrogens is 279 g/mol. The number of hydrogen-bond acceptors (Lipinski definition) is 4. The molecule has 3 rings (SSSR count). The van der Waals surface area contributed by atoms with Crippen LogP contribution in [0.1, 0.15) is 47.0 Å². The Kier molecular flexibility index (Phi) is 6.22. The molecule has 3 aliphatic rings. The Morgan fingerprint density at radius 1 is 0.955 bits per heavy atom. The zero-order valence-electron chi connectivity index (χ0n) is 14.7. The van der Waals surface area contributed by atoms with Gasteiger partial charge in [0.25, 0.3) is 0 Å². The van der Waals surface area contributed by atoms with E-state index in [1.807, 2.05) is 0 Å². The van der Waals surface area contributed by atoms with Crippen molar-refractivity contribution in [2.24, 2.45) is 17.4 Å². The second-order valence-corrected chi connectivity index (χ2v) is 7.91. The average molecular weight is 314 g/mol. The summed E-state index contributed by atoms with van der Waals surface area (Å²) in [6, 6.07) is 2.33. The number of alkyl halides is 1. The first-order chi connectivity index (χ1) is 10.3. The summed E-state index contributed by atoms with van der Waals surface area (Å²) in [6.45, 7) is 11.4. The van der Waals surface area contributed by atoms with E-state index in [4.69, 9.17) is 11.5 Å². The number of nitrogens with two attached hydrogens (primary N) is 2. The molecule has 2 heterocycles. The maximum absolute atomic E-state index is 12.9. The van der Waals surface area contributed by atoms with Crippen molar-refractivity contribution in [2.75, 3.05) is 19.6 Å². The third kappa shape index (κ3) is 4.19. The van der Waals surface area contributed by atoms with Crippen molar-refractivity contribution in [1.29, 1.82) is 0 Å². The van der Waals surface area contributed by atoms with Gasteiger partial charge < -0.3 is 11.5 Å². The minimum absolute atomic E-state index is 0.0288. The molecule has 3 fully saturated rings. The Bertz CT molecular complexity index is 340. The predicted octanol–water partition coefficient (Wildman–Crippen LogP) is 1.58. The van der Waals surface area contributed by atoms with Gasteiger partial charge in [-0.3, -0.25) is 9.80 Å². The van der Waals surface area contributed by atoms with E-state index in [9.17, 15) is 4.39 Å². The Morgan fingerprint density at radius 2 is 1.64 bits per heavy atom. The van der Waals surface area contributed by atoms with Crippen molar-refractivity contribution < 1.29 is 4.39 Å². The van der Waals surface area contributed by atoms with E-state index in [1.165, 1.54) is 19.4 Å². The highest BCUT2D eigenvalue weighted by Gasteiger charge is 2.45. The van der Waals surface area contributed by atoms with Gasteiger partial charge in [-0.25, -0.2) is 4.39 Å². The number of hydrogen-bond donors (Lipinski definition) is 2. The molecule has 22 heavy (non-hydrogen) atoms. The highest BCUT2D eigenvalue weighted by Crippen LogP contribution is 2.37. The number of fused-ring (bicyclic) bond motifs is 2. The quantitative estimate of drug-likeness (QED) is 0.812. The molecule has 5 atom stereocenters. The monoisotopic (exact) mass is 314 g/mol. The largest absolute Gasteiger partial charge is 0.326 e. The molecule has 0 aromatic carbocycles. The number of rotatable bonds is 2. The molecule has 1 aliphatic carbocycles. The van der Waals surface area contributed by atoms with Gasteiger partial charge >= 0.3 is 0 Å². The average Bonchev–Trinajstić information content (AvgIpc) is 2.94. The van der Waals surface area contributed by atoms with Crippen LogP contribution in [0.2, 0.25) is 0 Å². The molecule has 2 bridgehead atoms. The summed E-state index contributed by atoms with van der Waals surface area (Å²) >= 11 is 0. The smallest absolute Gasteiger partial charge is 0.114 e. The van der Waals surface area contributed by atoms with E-state index in [2.05, 4.69) is 37.5 Å². The molecule has 1 saturated carbocycles. The zero-order valence-corrected chi connectivity index (χ0v) is 14.7. The van der Waals surface area contributed by atoms with Crippen molar-refractivity contribution in [3.8, 4) is 0 Å². The van der Waals surface area contributed by atoms with E-state index >= 15 is 0 Å². The summed E-state index contributed by atoms with van der Waals surface area (Å²) in [4.78, 5) is 4.66. The van der Waals surface area contributed by atoms with Crippen LogP contribution in [0.15, 0.2) is 0 Å². The van der Waals surface area contributed by atoms with Gasteiger partial charge in [-0.2, -0.15) is 0 Å².